The van der Waals surface area contributed by atoms with Crippen LogP contribution in [0.1, 0.15) is 25.0 Å². The molecule has 3 heterocycles. The lowest BCUT2D eigenvalue weighted by Crippen LogP contribution is -2.17. The van der Waals surface area contributed by atoms with Gasteiger partial charge in [0.05, 0.1) is 22.2 Å². The number of hydrogen-bond acceptors (Lipinski definition) is 3. The highest BCUT2D eigenvalue weighted by atomic mass is 16.3. The Hall–Kier alpha value is -6.52. The molecule has 1 aliphatic carbocycles. The molecule has 8 aromatic carbocycles. The second-order valence-electron chi connectivity index (χ2n) is 14.5. The standard InChI is InChI=1S/C47H29N3O/c1-47(2)34-20-10-8-17-29(34)33-25-32-28-16-7-6-15-27(28)30-19-12-22-37-39(30)42-38(51-37)24-23-36-41(42)40(32)45(43(33)47)50(36)46-48-35-21-11-9-18-31(35)44(49-46)26-13-4-3-5-14-26/h3-25H,1-2H3. The summed E-state index contributed by atoms with van der Waals surface area (Å²) in [6, 6.07) is 50.0. The molecule has 1 aliphatic rings. The highest BCUT2D eigenvalue weighted by Crippen LogP contribution is 2.56. The van der Waals surface area contributed by atoms with Crippen molar-refractivity contribution in [3.8, 4) is 28.3 Å². The number of nitrogens with zero attached hydrogens (tertiary/aromatic N) is 3. The summed E-state index contributed by atoms with van der Waals surface area (Å²) in [7, 11) is 0. The molecule has 238 valence electrons. The molecule has 0 bridgehead atoms. The van der Waals surface area contributed by atoms with Crippen molar-refractivity contribution >= 4 is 76.2 Å². The summed E-state index contributed by atoms with van der Waals surface area (Å²) < 4.78 is 9.05. The summed E-state index contributed by atoms with van der Waals surface area (Å²) in [6.45, 7) is 4.74. The van der Waals surface area contributed by atoms with Crippen LogP contribution >= 0.6 is 0 Å². The SMILES string of the molecule is CC1(C)c2ccccc2-c2cc3c4ccccc4c4cccc5oc6ccc7c(c6c54)c3c(c21)n7-c1nc(-c2ccccc2)c2ccccc2n1. The van der Waals surface area contributed by atoms with Crippen molar-refractivity contribution in [2.75, 3.05) is 0 Å². The molecule has 51 heavy (non-hydrogen) atoms. The molecular formula is C47H29N3O. The first-order chi connectivity index (χ1) is 25.1. The first kappa shape index (κ1) is 27.3. The van der Waals surface area contributed by atoms with E-state index in [1.54, 1.807) is 0 Å². The predicted molar refractivity (Wildman–Crippen MR) is 210 cm³/mol. The lowest BCUT2D eigenvalue weighted by atomic mass is 9.81. The smallest absolute Gasteiger partial charge is 0.235 e. The van der Waals surface area contributed by atoms with Gasteiger partial charge in [-0.3, -0.25) is 4.57 Å². The van der Waals surface area contributed by atoms with Crippen LogP contribution in [0.15, 0.2) is 144 Å². The van der Waals surface area contributed by atoms with Crippen LogP contribution in [-0.4, -0.2) is 14.5 Å². The van der Waals surface area contributed by atoms with E-state index in [4.69, 9.17) is 14.4 Å². The van der Waals surface area contributed by atoms with Gasteiger partial charge in [0, 0.05) is 37.9 Å². The van der Waals surface area contributed by atoms with Crippen LogP contribution in [-0.2, 0) is 5.41 Å². The van der Waals surface area contributed by atoms with Crippen molar-refractivity contribution in [2.45, 2.75) is 19.3 Å². The quantitative estimate of drug-likeness (QED) is 0.187. The summed E-state index contributed by atoms with van der Waals surface area (Å²) in [5.41, 5.74) is 11.8. The zero-order chi connectivity index (χ0) is 33.6. The van der Waals surface area contributed by atoms with Crippen molar-refractivity contribution in [2.24, 2.45) is 0 Å². The number of aromatic nitrogens is 3. The number of rotatable bonds is 2. The topological polar surface area (TPSA) is 43.9 Å². The van der Waals surface area contributed by atoms with Gasteiger partial charge in [-0.25, -0.2) is 9.97 Å². The average molecular weight is 652 g/mol. The molecule has 0 amide bonds. The van der Waals surface area contributed by atoms with E-state index in [0.717, 1.165) is 55.1 Å². The molecule has 3 aromatic heterocycles. The number of furan rings is 1. The summed E-state index contributed by atoms with van der Waals surface area (Å²) in [5, 5.41) is 10.6. The zero-order valence-electron chi connectivity index (χ0n) is 28.0. The fourth-order valence-electron chi connectivity index (χ4n) is 9.42. The van der Waals surface area contributed by atoms with E-state index in [1.165, 1.54) is 54.6 Å². The van der Waals surface area contributed by atoms with E-state index in [1.807, 2.05) is 0 Å². The zero-order valence-corrected chi connectivity index (χ0v) is 28.0. The second kappa shape index (κ2) is 9.38. The van der Waals surface area contributed by atoms with E-state index < -0.39 is 0 Å². The lowest BCUT2D eigenvalue weighted by Gasteiger charge is -2.24. The molecule has 4 heteroatoms. The maximum atomic E-state index is 6.68. The first-order valence-corrected chi connectivity index (χ1v) is 17.6. The van der Waals surface area contributed by atoms with Crippen LogP contribution in [0.5, 0.6) is 0 Å². The summed E-state index contributed by atoms with van der Waals surface area (Å²) >= 11 is 0. The molecule has 0 saturated heterocycles. The van der Waals surface area contributed by atoms with Gasteiger partial charge >= 0.3 is 0 Å². The van der Waals surface area contributed by atoms with Crippen molar-refractivity contribution in [1.82, 2.24) is 14.5 Å². The lowest BCUT2D eigenvalue weighted by molar-refractivity contribution is 0.663. The summed E-state index contributed by atoms with van der Waals surface area (Å²) in [4.78, 5) is 10.9. The van der Waals surface area contributed by atoms with Gasteiger partial charge < -0.3 is 4.42 Å². The molecule has 4 nitrogen and oxygen atoms in total. The molecule has 0 saturated carbocycles. The van der Waals surface area contributed by atoms with E-state index in [2.05, 4.69) is 158 Å². The fourth-order valence-corrected chi connectivity index (χ4v) is 9.42. The highest BCUT2D eigenvalue weighted by molar-refractivity contribution is 6.39. The molecule has 0 unspecified atom stereocenters. The number of fused-ring (bicyclic) bond motifs is 8. The third-order valence-electron chi connectivity index (χ3n) is 11.5. The number of para-hydroxylation sites is 1. The maximum Gasteiger partial charge on any atom is 0.235 e. The minimum atomic E-state index is -0.277. The van der Waals surface area contributed by atoms with Crippen molar-refractivity contribution < 1.29 is 4.42 Å². The summed E-state index contributed by atoms with van der Waals surface area (Å²) in [5.74, 6) is 0.665. The molecule has 12 rings (SSSR count). The van der Waals surface area contributed by atoms with Gasteiger partial charge in [-0.15, -0.1) is 0 Å². The van der Waals surface area contributed by atoms with Gasteiger partial charge in [0.25, 0.3) is 0 Å². The van der Waals surface area contributed by atoms with Gasteiger partial charge in [0.15, 0.2) is 0 Å². The molecule has 0 fully saturated rings. The van der Waals surface area contributed by atoms with Crippen molar-refractivity contribution in [3.63, 3.8) is 0 Å². The highest BCUT2D eigenvalue weighted by Gasteiger charge is 2.40. The molecule has 0 radical (unpaired) electrons. The third kappa shape index (κ3) is 3.35. The van der Waals surface area contributed by atoms with Gasteiger partial charge in [-0.05, 0) is 74.1 Å². The van der Waals surface area contributed by atoms with Crippen LogP contribution < -0.4 is 0 Å². The van der Waals surface area contributed by atoms with Crippen LogP contribution in [0.25, 0.3) is 105 Å². The van der Waals surface area contributed by atoms with Gasteiger partial charge in [-0.1, -0.05) is 123 Å². The fraction of sp³-hybridized carbons (Fsp3) is 0.0638. The second-order valence-corrected chi connectivity index (χ2v) is 14.5. The molecule has 0 aliphatic heterocycles. The third-order valence-corrected chi connectivity index (χ3v) is 11.5. The average Bonchev–Trinajstić information content (AvgIpc) is 3.79. The largest absolute Gasteiger partial charge is 0.456 e. The van der Waals surface area contributed by atoms with E-state index >= 15 is 0 Å². The Balaban J connectivity index is 1.40. The van der Waals surface area contributed by atoms with Crippen LogP contribution in [0.3, 0.4) is 0 Å². The van der Waals surface area contributed by atoms with Crippen LogP contribution in [0.4, 0.5) is 0 Å². The summed E-state index contributed by atoms with van der Waals surface area (Å²) in [6.07, 6.45) is 0. The van der Waals surface area contributed by atoms with Gasteiger partial charge in [-0.2, -0.15) is 0 Å². The normalized spacial score (nSPS) is 13.8. The minimum Gasteiger partial charge on any atom is -0.456 e. The maximum absolute atomic E-state index is 6.68. The van der Waals surface area contributed by atoms with E-state index in [-0.39, 0.29) is 5.41 Å². The van der Waals surface area contributed by atoms with Crippen LogP contribution in [0, 0.1) is 0 Å². The first-order valence-electron chi connectivity index (χ1n) is 17.6. The Morgan fingerprint density at radius 2 is 1.24 bits per heavy atom. The van der Waals surface area contributed by atoms with Crippen LogP contribution in [0.2, 0.25) is 0 Å². The number of hydrogen-bond donors (Lipinski definition) is 0. The monoisotopic (exact) mass is 651 g/mol. The Morgan fingerprint density at radius 1 is 0.529 bits per heavy atom. The molecule has 0 atom stereocenters. The Labute approximate surface area is 292 Å². The molecule has 0 N–H and O–H groups in total. The minimum absolute atomic E-state index is 0.277. The predicted octanol–water partition coefficient (Wildman–Crippen LogP) is 12.3. The Morgan fingerprint density at radius 3 is 2.10 bits per heavy atom. The number of benzene rings is 7. The van der Waals surface area contributed by atoms with Gasteiger partial charge in [0.1, 0.15) is 11.2 Å². The van der Waals surface area contributed by atoms with E-state index in [9.17, 15) is 0 Å². The van der Waals surface area contributed by atoms with E-state index in [0.29, 0.717) is 5.95 Å². The van der Waals surface area contributed by atoms with Gasteiger partial charge in [0.2, 0.25) is 5.95 Å². The Bertz CT molecular complexity index is 3270. The molecular weight excluding hydrogens is 623 g/mol. The Kier molecular flexibility index (Phi) is 5.02. The molecule has 0 spiro atoms. The molecule has 11 aromatic rings. The van der Waals surface area contributed by atoms with Crippen molar-refractivity contribution in [3.05, 3.63) is 151 Å². The van der Waals surface area contributed by atoms with Crippen molar-refractivity contribution in [1.29, 1.82) is 0 Å².